The molecule has 2 aromatic carbocycles. The van der Waals surface area contributed by atoms with E-state index >= 15 is 0 Å². The van der Waals surface area contributed by atoms with Crippen molar-refractivity contribution in [1.82, 2.24) is 4.57 Å². The molecule has 0 bridgehead atoms. The average molecular weight is 383 g/mol. The minimum atomic E-state index is -0.872. The predicted molar refractivity (Wildman–Crippen MR) is 104 cm³/mol. The first kappa shape index (κ1) is 19.3. The maximum Gasteiger partial charge on any atom is 0.347 e. The van der Waals surface area contributed by atoms with Gasteiger partial charge in [-0.2, -0.15) is 0 Å². The van der Waals surface area contributed by atoms with E-state index in [-0.39, 0.29) is 18.5 Å². The van der Waals surface area contributed by atoms with Crippen molar-refractivity contribution < 1.29 is 24.1 Å². The van der Waals surface area contributed by atoms with Gasteiger partial charge in [0, 0.05) is 11.5 Å². The van der Waals surface area contributed by atoms with Crippen molar-refractivity contribution in [3.8, 4) is 17.2 Å². The molecule has 3 aromatic rings. The number of hydrogen-bond donors (Lipinski definition) is 1. The zero-order valence-electron chi connectivity index (χ0n) is 15.9. The van der Waals surface area contributed by atoms with Gasteiger partial charge in [-0.3, -0.25) is 4.79 Å². The largest absolute Gasteiger partial charge is 0.506 e. The molecule has 0 saturated carbocycles. The fraction of sp³-hybridized carbons (Fsp3) is 0.238. The van der Waals surface area contributed by atoms with Gasteiger partial charge in [-0.1, -0.05) is 30.3 Å². The summed E-state index contributed by atoms with van der Waals surface area (Å²) in [6.07, 6.45) is 0. The van der Waals surface area contributed by atoms with Crippen LogP contribution >= 0.6 is 0 Å². The number of rotatable bonds is 6. The van der Waals surface area contributed by atoms with Crippen LogP contribution in [-0.2, 0) is 11.3 Å². The Balaban J connectivity index is 2.36. The second-order valence-corrected chi connectivity index (χ2v) is 6.05. The maximum absolute atomic E-state index is 13.1. The molecule has 0 saturated heterocycles. The monoisotopic (exact) mass is 383 g/mol. The number of esters is 1. The highest BCUT2D eigenvalue weighted by molar-refractivity contribution is 6.00. The van der Waals surface area contributed by atoms with Crippen molar-refractivity contribution in [1.29, 1.82) is 0 Å². The van der Waals surface area contributed by atoms with Gasteiger partial charge in [0.25, 0.3) is 5.56 Å². The summed E-state index contributed by atoms with van der Waals surface area (Å²) in [7, 11) is 2.95. The molecule has 0 fully saturated rings. The van der Waals surface area contributed by atoms with Gasteiger partial charge >= 0.3 is 5.97 Å². The zero-order valence-corrected chi connectivity index (χ0v) is 15.9. The van der Waals surface area contributed by atoms with Crippen LogP contribution in [-0.4, -0.2) is 36.5 Å². The van der Waals surface area contributed by atoms with Crippen LogP contribution in [0.1, 0.15) is 22.8 Å². The molecule has 0 aliphatic carbocycles. The topological polar surface area (TPSA) is 87.0 Å². The van der Waals surface area contributed by atoms with E-state index < -0.39 is 22.8 Å². The normalized spacial score (nSPS) is 10.7. The number of hydrogen-bond acceptors (Lipinski definition) is 6. The average Bonchev–Trinajstić information content (AvgIpc) is 2.71. The van der Waals surface area contributed by atoms with Gasteiger partial charge in [0.2, 0.25) is 0 Å². The number of methoxy groups -OCH3 is 2. The van der Waals surface area contributed by atoms with E-state index in [1.54, 1.807) is 13.0 Å². The lowest BCUT2D eigenvalue weighted by Crippen LogP contribution is -2.28. The van der Waals surface area contributed by atoms with Crippen molar-refractivity contribution in [2.45, 2.75) is 13.5 Å². The molecule has 0 aliphatic heterocycles. The summed E-state index contributed by atoms with van der Waals surface area (Å²) in [5, 5.41) is 11.0. The van der Waals surface area contributed by atoms with Crippen LogP contribution in [0.4, 0.5) is 0 Å². The summed E-state index contributed by atoms with van der Waals surface area (Å²) in [5.74, 6) is -0.545. The molecule has 0 aliphatic rings. The van der Waals surface area contributed by atoms with E-state index in [1.165, 1.54) is 24.9 Å². The highest BCUT2D eigenvalue weighted by atomic mass is 16.5. The molecule has 1 N–H and O–H groups in total. The molecule has 0 radical (unpaired) electrons. The third-order valence-corrected chi connectivity index (χ3v) is 4.41. The number of carbonyl (C=O) groups excluding carboxylic acids is 1. The van der Waals surface area contributed by atoms with E-state index in [2.05, 4.69) is 0 Å². The fourth-order valence-electron chi connectivity index (χ4n) is 3.07. The van der Waals surface area contributed by atoms with Gasteiger partial charge in [-0.15, -0.1) is 0 Å². The van der Waals surface area contributed by atoms with Crippen LogP contribution in [0, 0.1) is 0 Å². The summed E-state index contributed by atoms with van der Waals surface area (Å²) in [6.45, 7) is 1.92. The van der Waals surface area contributed by atoms with Gasteiger partial charge in [-0.05, 0) is 18.6 Å². The SMILES string of the molecule is CCOC(=O)c1c(O)c2cc(OC)c(OC)cc2n(Cc2ccccc2)c1=O. The van der Waals surface area contributed by atoms with Crippen molar-refractivity contribution in [3.05, 3.63) is 63.9 Å². The Morgan fingerprint density at radius 1 is 1.07 bits per heavy atom. The molecule has 0 atom stereocenters. The minimum Gasteiger partial charge on any atom is -0.506 e. The number of fused-ring (bicyclic) bond motifs is 1. The first-order valence-corrected chi connectivity index (χ1v) is 8.74. The molecule has 7 nitrogen and oxygen atoms in total. The zero-order chi connectivity index (χ0) is 20.3. The Labute approximate surface area is 161 Å². The van der Waals surface area contributed by atoms with Crippen LogP contribution in [0.2, 0.25) is 0 Å². The minimum absolute atomic E-state index is 0.0837. The standard InChI is InChI=1S/C21H21NO6/c1-4-28-21(25)18-19(23)14-10-16(26-2)17(27-3)11-15(14)22(20(18)24)12-13-8-6-5-7-9-13/h5-11,23H,4,12H2,1-3H3. The summed E-state index contributed by atoms with van der Waals surface area (Å²) >= 11 is 0. The fourth-order valence-corrected chi connectivity index (χ4v) is 3.07. The van der Waals surface area contributed by atoms with Crippen LogP contribution in [0.15, 0.2) is 47.3 Å². The predicted octanol–water partition coefficient (Wildman–Crippen LogP) is 2.95. The number of aromatic nitrogens is 1. The van der Waals surface area contributed by atoms with Gasteiger partial charge in [-0.25, -0.2) is 4.79 Å². The molecular weight excluding hydrogens is 362 g/mol. The molecule has 3 rings (SSSR count). The van der Waals surface area contributed by atoms with Gasteiger partial charge < -0.3 is 23.9 Å². The van der Waals surface area contributed by atoms with E-state index in [4.69, 9.17) is 14.2 Å². The van der Waals surface area contributed by atoms with E-state index in [9.17, 15) is 14.7 Å². The van der Waals surface area contributed by atoms with Crippen LogP contribution < -0.4 is 15.0 Å². The lowest BCUT2D eigenvalue weighted by atomic mass is 10.1. The maximum atomic E-state index is 13.1. The van der Waals surface area contributed by atoms with E-state index in [0.29, 0.717) is 17.0 Å². The number of carbonyl (C=O) groups is 1. The Morgan fingerprint density at radius 3 is 2.32 bits per heavy atom. The molecule has 1 heterocycles. The highest BCUT2D eigenvalue weighted by Gasteiger charge is 2.25. The molecular formula is C21H21NO6. The number of ether oxygens (including phenoxy) is 3. The number of aromatic hydroxyl groups is 1. The number of nitrogens with zero attached hydrogens (tertiary/aromatic N) is 1. The summed E-state index contributed by atoms with van der Waals surface area (Å²) in [6, 6.07) is 12.5. The quantitative estimate of drug-likeness (QED) is 0.659. The smallest absolute Gasteiger partial charge is 0.347 e. The Hall–Kier alpha value is -3.48. The first-order chi connectivity index (χ1) is 13.5. The number of pyridine rings is 1. The lowest BCUT2D eigenvalue weighted by Gasteiger charge is -2.17. The van der Waals surface area contributed by atoms with Crippen molar-refractivity contribution in [2.75, 3.05) is 20.8 Å². The van der Waals surface area contributed by atoms with E-state index in [0.717, 1.165) is 5.56 Å². The van der Waals surface area contributed by atoms with Gasteiger partial charge in [0.1, 0.15) is 5.75 Å². The second kappa shape index (κ2) is 8.04. The first-order valence-electron chi connectivity index (χ1n) is 8.74. The molecule has 0 amide bonds. The third-order valence-electron chi connectivity index (χ3n) is 4.41. The van der Waals surface area contributed by atoms with Crippen molar-refractivity contribution >= 4 is 16.9 Å². The summed E-state index contributed by atoms with van der Waals surface area (Å²) in [5.41, 5.74) is 0.232. The molecule has 28 heavy (non-hydrogen) atoms. The Morgan fingerprint density at radius 2 is 1.71 bits per heavy atom. The van der Waals surface area contributed by atoms with Gasteiger partial charge in [0.05, 0.1) is 32.9 Å². The second-order valence-electron chi connectivity index (χ2n) is 6.05. The Kier molecular flexibility index (Phi) is 5.54. The van der Waals surface area contributed by atoms with Crippen LogP contribution in [0.3, 0.4) is 0 Å². The molecule has 7 heteroatoms. The molecule has 0 spiro atoms. The molecule has 146 valence electrons. The van der Waals surface area contributed by atoms with Crippen LogP contribution in [0.25, 0.3) is 10.9 Å². The van der Waals surface area contributed by atoms with E-state index in [1.807, 2.05) is 30.3 Å². The van der Waals surface area contributed by atoms with Gasteiger partial charge in [0.15, 0.2) is 17.1 Å². The molecule has 1 aromatic heterocycles. The summed E-state index contributed by atoms with van der Waals surface area (Å²) < 4.78 is 17.0. The Bertz CT molecular complexity index is 1070. The highest BCUT2D eigenvalue weighted by Crippen LogP contribution is 2.36. The van der Waals surface area contributed by atoms with Crippen molar-refractivity contribution in [3.63, 3.8) is 0 Å². The van der Waals surface area contributed by atoms with Crippen LogP contribution in [0.5, 0.6) is 17.2 Å². The third kappa shape index (κ3) is 3.38. The molecule has 0 unspecified atom stereocenters. The lowest BCUT2D eigenvalue weighted by molar-refractivity contribution is 0.0520. The number of benzene rings is 2. The van der Waals surface area contributed by atoms with Crippen molar-refractivity contribution in [2.24, 2.45) is 0 Å². The summed E-state index contributed by atoms with van der Waals surface area (Å²) in [4.78, 5) is 25.5.